The van der Waals surface area contributed by atoms with E-state index in [9.17, 15) is 0 Å². The van der Waals surface area contributed by atoms with Crippen LogP contribution in [0.15, 0.2) is 65.7 Å². The number of halogens is 1. The minimum Gasteiger partial charge on any atom is -0.379 e. The van der Waals surface area contributed by atoms with Gasteiger partial charge in [-0.1, -0.05) is 60.7 Å². The van der Waals surface area contributed by atoms with E-state index in [1.54, 1.807) is 0 Å². The van der Waals surface area contributed by atoms with Crippen LogP contribution in [-0.2, 0) is 4.74 Å². The van der Waals surface area contributed by atoms with E-state index >= 15 is 0 Å². The topological polar surface area (TPSA) is 48.9 Å². The van der Waals surface area contributed by atoms with Crippen LogP contribution in [0.4, 0.5) is 0 Å². The van der Waals surface area contributed by atoms with E-state index in [2.05, 4.69) is 83.1 Å². The Morgan fingerprint density at radius 1 is 0.935 bits per heavy atom. The third kappa shape index (κ3) is 9.17. The second kappa shape index (κ2) is 15.2. The lowest BCUT2D eigenvalue weighted by Gasteiger charge is -2.26. The first-order chi connectivity index (χ1) is 14.9. The van der Waals surface area contributed by atoms with Crippen LogP contribution < -0.4 is 10.6 Å². The van der Waals surface area contributed by atoms with Crippen LogP contribution in [-0.4, -0.2) is 63.3 Å². The quantitative estimate of drug-likeness (QED) is 0.208. The Labute approximate surface area is 204 Å². The van der Waals surface area contributed by atoms with Crippen molar-refractivity contribution in [1.29, 1.82) is 0 Å². The molecule has 2 N–H and O–H groups in total. The highest BCUT2D eigenvalue weighted by atomic mass is 127. The molecule has 0 spiro atoms. The summed E-state index contributed by atoms with van der Waals surface area (Å²) in [4.78, 5) is 7.41. The predicted octanol–water partition coefficient (Wildman–Crippen LogP) is 4.10. The molecule has 3 rings (SSSR count). The van der Waals surface area contributed by atoms with Crippen LogP contribution >= 0.6 is 24.0 Å². The van der Waals surface area contributed by atoms with Crippen molar-refractivity contribution in [3.63, 3.8) is 0 Å². The minimum atomic E-state index is 0. The lowest BCUT2D eigenvalue weighted by molar-refractivity contribution is 0.0372. The lowest BCUT2D eigenvalue weighted by Crippen LogP contribution is -2.39. The Balaban J connectivity index is 0.00000341. The number of unbranched alkanes of at least 4 members (excludes halogenated alkanes) is 1. The van der Waals surface area contributed by atoms with Crippen LogP contribution in [0.5, 0.6) is 0 Å². The Bertz CT molecular complexity index is 696. The predicted molar refractivity (Wildman–Crippen MR) is 141 cm³/mol. The van der Waals surface area contributed by atoms with Crippen molar-refractivity contribution >= 4 is 29.9 Å². The molecule has 2 aromatic carbocycles. The third-order valence-electron chi connectivity index (χ3n) is 5.48. The fraction of sp³-hybridized carbons (Fsp3) is 0.480. The number of ether oxygens (including phenoxy) is 1. The van der Waals surface area contributed by atoms with E-state index in [1.165, 1.54) is 17.5 Å². The van der Waals surface area contributed by atoms with Gasteiger partial charge in [0.15, 0.2) is 5.96 Å². The Morgan fingerprint density at radius 3 is 2.13 bits per heavy atom. The SMILES string of the molecule is CCNC(=NCC(c1ccccc1)c1ccccc1)NCCCCN1CCOCC1.I. The van der Waals surface area contributed by atoms with Gasteiger partial charge in [-0.05, 0) is 37.4 Å². The highest BCUT2D eigenvalue weighted by molar-refractivity contribution is 14.0. The molecule has 0 atom stereocenters. The van der Waals surface area contributed by atoms with Crippen LogP contribution in [0.3, 0.4) is 0 Å². The fourth-order valence-corrected chi connectivity index (χ4v) is 3.79. The third-order valence-corrected chi connectivity index (χ3v) is 5.48. The monoisotopic (exact) mass is 536 g/mol. The molecule has 0 unspecified atom stereocenters. The molecule has 31 heavy (non-hydrogen) atoms. The van der Waals surface area contributed by atoms with Crippen molar-refractivity contribution in [3.8, 4) is 0 Å². The van der Waals surface area contributed by atoms with E-state index in [-0.39, 0.29) is 29.9 Å². The van der Waals surface area contributed by atoms with Crippen molar-refractivity contribution in [3.05, 3.63) is 71.8 Å². The van der Waals surface area contributed by atoms with E-state index in [0.29, 0.717) is 0 Å². The molecule has 1 fully saturated rings. The molecule has 6 heteroatoms. The fourth-order valence-electron chi connectivity index (χ4n) is 3.79. The standard InChI is InChI=1S/C25H36N4O.HI/c1-2-26-25(27-15-9-10-16-29-17-19-30-20-18-29)28-21-24(22-11-5-3-6-12-22)23-13-7-4-8-14-23;/h3-8,11-14,24H,2,9-10,15-21H2,1H3,(H2,26,27,28);1H. The highest BCUT2D eigenvalue weighted by Crippen LogP contribution is 2.24. The summed E-state index contributed by atoms with van der Waals surface area (Å²) in [7, 11) is 0. The molecule has 0 aliphatic carbocycles. The zero-order chi connectivity index (χ0) is 20.9. The zero-order valence-corrected chi connectivity index (χ0v) is 21.0. The van der Waals surface area contributed by atoms with E-state index in [4.69, 9.17) is 9.73 Å². The minimum absolute atomic E-state index is 0. The molecule has 0 bridgehead atoms. The summed E-state index contributed by atoms with van der Waals surface area (Å²) in [5, 5.41) is 6.91. The maximum atomic E-state index is 5.42. The molecule has 0 saturated carbocycles. The van der Waals surface area contributed by atoms with Gasteiger partial charge in [0, 0.05) is 32.1 Å². The van der Waals surface area contributed by atoms with Gasteiger partial charge in [-0.25, -0.2) is 0 Å². The summed E-state index contributed by atoms with van der Waals surface area (Å²) in [5.74, 6) is 1.16. The first-order valence-corrected chi connectivity index (χ1v) is 11.3. The molecule has 2 aromatic rings. The van der Waals surface area contributed by atoms with Crippen LogP contribution in [0.25, 0.3) is 0 Å². The Hall–Kier alpha value is -1.64. The lowest BCUT2D eigenvalue weighted by atomic mass is 9.91. The number of aliphatic imine (C=N–C) groups is 1. The molecular formula is C25H37IN4O. The molecule has 5 nitrogen and oxygen atoms in total. The number of morpholine rings is 1. The van der Waals surface area contributed by atoms with Gasteiger partial charge in [-0.3, -0.25) is 9.89 Å². The molecular weight excluding hydrogens is 499 g/mol. The van der Waals surface area contributed by atoms with Crippen molar-refractivity contribution in [2.24, 2.45) is 4.99 Å². The highest BCUT2D eigenvalue weighted by Gasteiger charge is 2.14. The molecule has 1 heterocycles. The van der Waals surface area contributed by atoms with Crippen molar-refractivity contribution in [2.45, 2.75) is 25.7 Å². The second-order valence-electron chi connectivity index (χ2n) is 7.68. The summed E-state index contributed by atoms with van der Waals surface area (Å²) in [6, 6.07) is 21.3. The average molecular weight is 537 g/mol. The van der Waals surface area contributed by atoms with Crippen LogP contribution in [0, 0.1) is 0 Å². The van der Waals surface area contributed by atoms with E-state index < -0.39 is 0 Å². The number of rotatable bonds is 10. The van der Waals surface area contributed by atoms with Gasteiger partial charge in [-0.15, -0.1) is 24.0 Å². The van der Waals surface area contributed by atoms with Gasteiger partial charge in [0.05, 0.1) is 19.8 Å². The largest absolute Gasteiger partial charge is 0.379 e. The van der Waals surface area contributed by atoms with E-state index in [0.717, 1.165) is 64.9 Å². The number of hydrogen-bond donors (Lipinski definition) is 2. The van der Waals surface area contributed by atoms with Crippen LogP contribution in [0.1, 0.15) is 36.8 Å². The summed E-state index contributed by atoms with van der Waals surface area (Å²) >= 11 is 0. The maximum Gasteiger partial charge on any atom is 0.191 e. The van der Waals surface area contributed by atoms with Crippen molar-refractivity contribution < 1.29 is 4.74 Å². The van der Waals surface area contributed by atoms with Crippen LogP contribution in [0.2, 0.25) is 0 Å². The molecule has 1 saturated heterocycles. The van der Waals surface area contributed by atoms with Crippen molar-refractivity contribution in [2.75, 3.05) is 52.5 Å². The number of benzene rings is 2. The summed E-state index contributed by atoms with van der Waals surface area (Å²) < 4.78 is 5.42. The van der Waals surface area contributed by atoms with E-state index in [1.807, 2.05) is 0 Å². The maximum absolute atomic E-state index is 5.42. The zero-order valence-electron chi connectivity index (χ0n) is 18.6. The molecule has 0 amide bonds. The van der Waals surface area contributed by atoms with Gasteiger partial charge in [0.25, 0.3) is 0 Å². The number of guanidine groups is 1. The number of nitrogens with one attached hydrogen (secondary N) is 2. The average Bonchev–Trinajstić information content (AvgIpc) is 2.81. The number of nitrogens with zero attached hydrogens (tertiary/aromatic N) is 2. The molecule has 170 valence electrons. The van der Waals surface area contributed by atoms with Crippen molar-refractivity contribution in [1.82, 2.24) is 15.5 Å². The first-order valence-electron chi connectivity index (χ1n) is 11.3. The van der Waals surface area contributed by atoms with Gasteiger partial charge < -0.3 is 15.4 Å². The Morgan fingerprint density at radius 2 is 1.55 bits per heavy atom. The molecule has 0 radical (unpaired) electrons. The summed E-state index contributed by atoms with van der Waals surface area (Å²) in [6.45, 7) is 9.68. The smallest absolute Gasteiger partial charge is 0.191 e. The van der Waals surface area contributed by atoms with Gasteiger partial charge in [0.2, 0.25) is 0 Å². The molecule has 0 aromatic heterocycles. The second-order valence-corrected chi connectivity index (χ2v) is 7.68. The molecule has 1 aliphatic heterocycles. The number of hydrogen-bond acceptors (Lipinski definition) is 3. The van der Waals surface area contributed by atoms with Gasteiger partial charge in [-0.2, -0.15) is 0 Å². The Kier molecular flexibility index (Phi) is 12.6. The summed E-state index contributed by atoms with van der Waals surface area (Å²) in [6.07, 6.45) is 2.34. The van der Waals surface area contributed by atoms with Gasteiger partial charge in [0.1, 0.15) is 0 Å². The first kappa shape index (κ1) is 25.6. The summed E-state index contributed by atoms with van der Waals surface area (Å²) in [5.41, 5.74) is 2.60. The van der Waals surface area contributed by atoms with Gasteiger partial charge >= 0.3 is 0 Å². The molecule has 1 aliphatic rings. The normalized spacial score (nSPS) is 14.8.